The van der Waals surface area contributed by atoms with E-state index in [0.29, 0.717) is 17.4 Å². The van der Waals surface area contributed by atoms with Crippen LogP contribution in [-0.4, -0.2) is 74.9 Å². The summed E-state index contributed by atoms with van der Waals surface area (Å²) in [6.45, 7) is 4.20. The first-order valence-corrected chi connectivity index (χ1v) is 33.8. The van der Waals surface area contributed by atoms with Crippen molar-refractivity contribution in [1.82, 2.24) is 0 Å². The lowest BCUT2D eigenvalue weighted by Gasteiger charge is -2.24. The summed E-state index contributed by atoms with van der Waals surface area (Å²) < 4.78 is 34.7. The minimum Gasteiger partial charge on any atom is -0.462 e. The number of phosphoric acid groups is 1. The van der Waals surface area contributed by atoms with Crippen LogP contribution in [0.15, 0.2) is 122 Å². The fourth-order valence-corrected chi connectivity index (χ4v) is 9.34. The van der Waals surface area contributed by atoms with E-state index >= 15 is 0 Å². The van der Waals surface area contributed by atoms with Gasteiger partial charge in [-0.05, 0) is 103 Å². The minimum atomic E-state index is -4.40. The van der Waals surface area contributed by atoms with Crippen LogP contribution in [0.4, 0.5) is 0 Å². The Hall–Kier alpha value is -3.59. The van der Waals surface area contributed by atoms with Crippen LogP contribution >= 0.6 is 7.82 Å². The Morgan fingerprint density at radius 3 is 1.00 bits per heavy atom. The van der Waals surface area contributed by atoms with Gasteiger partial charge in [0.1, 0.15) is 19.8 Å². The molecule has 10 heteroatoms. The molecule has 0 amide bonds. The van der Waals surface area contributed by atoms with E-state index in [1.165, 1.54) is 109 Å². The van der Waals surface area contributed by atoms with E-state index in [9.17, 15) is 19.0 Å². The van der Waals surface area contributed by atoms with Gasteiger partial charge in [0, 0.05) is 12.8 Å². The number of likely N-dealkylation sites (N-methyl/N-ethyl adjacent to an activating group) is 1. The van der Waals surface area contributed by atoms with Crippen molar-refractivity contribution in [3.8, 4) is 0 Å². The molecule has 0 spiro atoms. The summed E-state index contributed by atoms with van der Waals surface area (Å²) in [5.74, 6) is -0.810. The second-order valence-electron chi connectivity index (χ2n) is 22.4. The molecular weight excluding hydrogens is 1010 g/mol. The van der Waals surface area contributed by atoms with E-state index in [4.69, 9.17) is 18.5 Å². The Kier molecular flexibility index (Phi) is 57.3. The highest BCUT2D eigenvalue weighted by molar-refractivity contribution is 7.47. The molecule has 0 fully saturated rings. The number of hydrogen-bond donors (Lipinski definition) is 1. The molecule has 2 atom stereocenters. The number of hydrogen-bond acceptors (Lipinski definition) is 7. The molecule has 0 aromatic carbocycles. The summed E-state index contributed by atoms with van der Waals surface area (Å²) in [7, 11) is 1.46. The van der Waals surface area contributed by atoms with Crippen LogP contribution in [0.25, 0.3) is 0 Å². The molecule has 0 saturated carbocycles. The molecule has 80 heavy (non-hydrogen) atoms. The summed E-state index contributed by atoms with van der Waals surface area (Å²) >= 11 is 0. The molecule has 0 heterocycles. The highest BCUT2D eigenvalue weighted by Gasteiger charge is 2.27. The van der Waals surface area contributed by atoms with Crippen LogP contribution in [-0.2, 0) is 32.7 Å². The monoisotopic (exact) mass is 1130 g/mol. The number of unbranched alkanes of at least 4 members (excludes halogenated alkanes) is 24. The molecular formula is C70H121NO8P+. The van der Waals surface area contributed by atoms with Crippen LogP contribution in [0.2, 0.25) is 0 Å². The second-order valence-corrected chi connectivity index (χ2v) is 23.8. The fourth-order valence-electron chi connectivity index (χ4n) is 8.60. The van der Waals surface area contributed by atoms with Gasteiger partial charge in [-0.1, -0.05) is 264 Å². The number of nitrogens with zero attached hydrogens (tertiary/aromatic N) is 1. The van der Waals surface area contributed by atoms with Crippen molar-refractivity contribution in [3.05, 3.63) is 122 Å². The first-order valence-electron chi connectivity index (χ1n) is 32.3. The van der Waals surface area contributed by atoms with Gasteiger partial charge in [0.05, 0.1) is 27.7 Å². The first kappa shape index (κ1) is 76.4. The SMILES string of the molecule is CC/C=C\C/C=C\C/C=C\C/C=C\C/C=C\CCCCCCCCCCCCCCCCCCCC(=O)OC(COC(=O)CCCCCCCCC/C=C\C/C=C\C/C=C\C/C=C\C/C=C\CC)COP(=O)(O)OCC[N+](C)(C)C. The lowest BCUT2D eigenvalue weighted by atomic mass is 10.0. The van der Waals surface area contributed by atoms with Gasteiger partial charge in [-0.3, -0.25) is 18.6 Å². The van der Waals surface area contributed by atoms with E-state index in [1.54, 1.807) is 0 Å². The summed E-state index contributed by atoms with van der Waals surface area (Å²) in [5.41, 5.74) is 0. The third-order valence-electron chi connectivity index (χ3n) is 13.5. The zero-order valence-electron chi connectivity index (χ0n) is 52.0. The normalized spacial score (nSPS) is 14.0. The molecule has 0 aliphatic rings. The average Bonchev–Trinajstić information content (AvgIpc) is 3.42. The first-order chi connectivity index (χ1) is 39.0. The Balaban J connectivity index is 4.10. The van der Waals surface area contributed by atoms with E-state index in [-0.39, 0.29) is 32.0 Å². The van der Waals surface area contributed by atoms with Crippen molar-refractivity contribution >= 4 is 19.8 Å². The van der Waals surface area contributed by atoms with Gasteiger partial charge in [-0.2, -0.15) is 0 Å². The highest BCUT2D eigenvalue weighted by atomic mass is 31.2. The van der Waals surface area contributed by atoms with Crippen LogP contribution in [0, 0.1) is 0 Å². The maximum atomic E-state index is 12.9. The van der Waals surface area contributed by atoms with Crippen LogP contribution < -0.4 is 0 Å². The fraction of sp³-hybridized carbons (Fsp3) is 0.686. The molecule has 458 valence electrons. The van der Waals surface area contributed by atoms with Crippen molar-refractivity contribution in [3.63, 3.8) is 0 Å². The quantitative estimate of drug-likeness (QED) is 0.0211. The molecule has 0 bridgehead atoms. The molecule has 0 aromatic rings. The van der Waals surface area contributed by atoms with Crippen molar-refractivity contribution in [1.29, 1.82) is 0 Å². The average molecular weight is 1140 g/mol. The number of esters is 2. The van der Waals surface area contributed by atoms with Gasteiger partial charge in [0.2, 0.25) is 0 Å². The van der Waals surface area contributed by atoms with E-state index in [0.717, 1.165) is 116 Å². The lowest BCUT2D eigenvalue weighted by molar-refractivity contribution is -0.870. The summed E-state index contributed by atoms with van der Waals surface area (Å²) in [4.78, 5) is 35.8. The molecule has 0 aromatic heterocycles. The number of ether oxygens (including phenoxy) is 2. The molecule has 9 nitrogen and oxygen atoms in total. The summed E-state index contributed by atoms with van der Waals surface area (Å²) in [6, 6.07) is 0. The third kappa shape index (κ3) is 63.6. The van der Waals surface area contributed by atoms with Crippen LogP contribution in [0.1, 0.15) is 258 Å². The van der Waals surface area contributed by atoms with Crippen LogP contribution in [0.3, 0.4) is 0 Å². The molecule has 1 N–H and O–H groups in total. The number of carbonyl (C=O) groups is 2. The predicted octanol–water partition coefficient (Wildman–Crippen LogP) is 20.7. The molecule has 0 saturated heterocycles. The Labute approximate surface area is 492 Å². The van der Waals surface area contributed by atoms with E-state index in [2.05, 4.69) is 135 Å². The molecule has 0 radical (unpaired) electrons. The number of carbonyl (C=O) groups excluding carboxylic acids is 2. The zero-order valence-corrected chi connectivity index (χ0v) is 52.9. The van der Waals surface area contributed by atoms with Gasteiger partial charge >= 0.3 is 19.8 Å². The molecule has 0 rings (SSSR count). The standard InChI is InChI=1S/C70H120NO8P/c1-6-8-10-12-14-16-18-20-22-24-26-28-30-31-32-33-34-35-36-37-38-39-41-43-45-47-49-51-53-55-57-59-61-63-70(73)79-68(67-78-80(74,75)77-65-64-71(3,4)5)66-76-69(72)62-60-58-56-54-52-50-48-46-44-42-40-29-27-25-23-21-19-17-15-13-11-9-7-2/h8-11,14-17,20-23,26-29,31-32,42,44,68H,6-7,12-13,18-19,24-25,30,33-41,43,45-67H2,1-5H3/p+1/b10-8-,11-9-,16-14-,17-15-,22-20-,23-21-,28-26-,29-27-,32-31-,44-42-. The molecule has 0 aliphatic carbocycles. The maximum absolute atomic E-state index is 12.9. The van der Waals surface area contributed by atoms with Gasteiger partial charge in [0.15, 0.2) is 6.10 Å². The van der Waals surface area contributed by atoms with E-state index < -0.39 is 26.5 Å². The third-order valence-corrected chi connectivity index (χ3v) is 14.5. The summed E-state index contributed by atoms with van der Waals surface area (Å²) in [5, 5.41) is 0. The minimum absolute atomic E-state index is 0.0249. The lowest BCUT2D eigenvalue weighted by Crippen LogP contribution is -2.37. The van der Waals surface area contributed by atoms with Crippen molar-refractivity contribution in [2.45, 2.75) is 264 Å². The highest BCUT2D eigenvalue weighted by Crippen LogP contribution is 2.43. The Morgan fingerprint density at radius 1 is 0.388 bits per heavy atom. The van der Waals surface area contributed by atoms with Gasteiger partial charge in [0.25, 0.3) is 0 Å². The van der Waals surface area contributed by atoms with Gasteiger partial charge < -0.3 is 18.9 Å². The molecule has 2 unspecified atom stereocenters. The van der Waals surface area contributed by atoms with Crippen molar-refractivity contribution in [2.24, 2.45) is 0 Å². The van der Waals surface area contributed by atoms with Crippen LogP contribution in [0.5, 0.6) is 0 Å². The molecule has 0 aliphatic heterocycles. The predicted molar refractivity (Wildman–Crippen MR) is 344 cm³/mol. The van der Waals surface area contributed by atoms with Crippen molar-refractivity contribution < 1.29 is 42.1 Å². The topological polar surface area (TPSA) is 108 Å². The maximum Gasteiger partial charge on any atom is 0.472 e. The van der Waals surface area contributed by atoms with E-state index in [1.807, 2.05) is 21.1 Å². The smallest absolute Gasteiger partial charge is 0.462 e. The number of phosphoric ester groups is 1. The number of allylic oxidation sites excluding steroid dienone is 20. The Morgan fingerprint density at radius 2 is 0.675 bits per heavy atom. The largest absolute Gasteiger partial charge is 0.472 e. The van der Waals surface area contributed by atoms with Crippen molar-refractivity contribution in [2.75, 3.05) is 47.5 Å². The van der Waals surface area contributed by atoms with Gasteiger partial charge in [-0.15, -0.1) is 0 Å². The Bertz CT molecular complexity index is 1760. The van der Waals surface area contributed by atoms with Gasteiger partial charge in [-0.25, -0.2) is 4.57 Å². The number of rotatable bonds is 58. The zero-order chi connectivity index (χ0) is 58.4. The summed E-state index contributed by atoms with van der Waals surface area (Å²) in [6.07, 6.45) is 85.7. The second kappa shape index (κ2) is 60.0. The number of quaternary nitrogens is 1.